The van der Waals surface area contributed by atoms with Gasteiger partial charge in [-0.2, -0.15) is 0 Å². The van der Waals surface area contributed by atoms with E-state index in [0.717, 1.165) is 12.8 Å². The molecule has 0 atom stereocenters. The standard InChI is InChI=1S/C14H14ClN3O4S/c15-8-5-12(16-7-8)14(20)17-11-6-10(3-4-13(11)19)23(21,22)18-9-1-2-9/h3-7,9,16,18-19H,1-2H2,(H,17,20). The maximum Gasteiger partial charge on any atom is 0.272 e. The van der Waals surface area contributed by atoms with Gasteiger partial charge in [-0.05, 0) is 37.1 Å². The summed E-state index contributed by atoms with van der Waals surface area (Å²) in [5.41, 5.74) is 0.193. The Bertz CT molecular complexity index is 859. The number of carbonyl (C=O) groups excluding carboxylic acids is 1. The Labute approximate surface area is 137 Å². The normalized spacial score (nSPS) is 14.7. The fourth-order valence-electron chi connectivity index (χ4n) is 1.96. The summed E-state index contributed by atoms with van der Waals surface area (Å²) in [4.78, 5) is 14.7. The molecule has 1 amide bonds. The molecule has 4 N–H and O–H groups in total. The van der Waals surface area contributed by atoms with E-state index in [1.54, 1.807) is 0 Å². The molecular formula is C14H14ClN3O4S. The van der Waals surface area contributed by atoms with Crippen molar-refractivity contribution in [3.63, 3.8) is 0 Å². The van der Waals surface area contributed by atoms with E-state index >= 15 is 0 Å². The molecule has 1 aromatic carbocycles. The molecule has 0 unspecified atom stereocenters. The molecule has 7 nitrogen and oxygen atoms in total. The summed E-state index contributed by atoms with van der Waals surface area (Å²) >= 11 is 5.73. The summed E-state index contributed by atoms with van der Waals surface area (Å²) in [5.74, 6) is -0.779. The van der Waals surface area contributed by atoms with E-state index in [-0.39, 0.29) is 28.1 Å². The summed E-state index contributed by atoms with van der Waals surface area (Å²) in [6, 6.07) is 5.10. The van der Waals surface area contributed by atoms with Gasteiger partial charge in [-0.1, -0.05) is 11.6 Å². The lowest BCUT2D eigenvalue weighted by Crippen LogP contribution is -2.25. The van der Waals surface area contributed by atoms with Crippen LogP contribution in [0.4, 0.5) is 5.69 Å². The summed E-state index contributed by atoms with van der Waals surface area (Å²) in [7, 11) is -3.67. The number of carbonyl (C=O) groups is 1. The van der Waals surface area contributed by atoms with Gasteiger partial charge in [-0.25, -0.2) is 13.1 Å². The highest BCUT2D eigenvalue weighted by Gasteiger charge is 2.28. The van der Waals surface area contributed by atoms with E-state index in [1.807, 2.05) is 0 Å². The van der Waals surface area contributed by atoms with Crippen LogP contribution in [0.3, 0.4) is 0 Å². The van der Waals surface area contributed by atoms with E-state index in [2.05, 4.69) is 15.0 Å². The third-order valence-electron chi connectivity index (χ3n) is 3.32. The molecule has 2 aromatic rings. The third kappa shape index (κ3) is 3.66. The molecule has 1 aromatic heterocycles. The number of rotatable bonds is 5. The van der Waals surface area contributed by atoms with Gasteiger partial charge in [0.15, 0.2) is 0 Å². The van der Waals surface area contributed by atoms with Crippen LogP contribution in [0, 0.1) is 0 Å². The molecule has 0 spiro atoms. The van der Waals surface area contributed by atoms with Crippen molar-refractivity contribution in [2.45, 2.75) is 23.8 Å². The number of phenols is 1. The summed E-state index contributed by atoms with van der Waals surface area (Å²) in [6.45, 7) is 0. The number of amides is 1. The molecule has 1 aliphatic rings. The second-order valence-electron chi connectivity index (χ2n) is 5.26. The van der Waals surface area contributed by atoms with Crippen LogP contribution >= 0.6 is 11.6 Å². The van der Waals surface area contributed by atoms with Gasteiger partial charge < -0.3 is 15.4 Å². The van der Waals surface area contributed by atoms with Crippen LogP contribution in [0.1, 0.15) is 23.3 Å². The summed E-state index contributed by atoms with van der Waals surface area (Å²) < 4.78 is 26.9. The Kier molecular flexibility index (Phi) is 4.05. The van der Waals surface area contributed by atoms with Crippen molar-refractivity contribution in [1.29, 1.82) is 0 Å². The van der Waals surface area contributed by atoms with E-state index in [0.29, 0.717) is 5.02 Å². The molecule has 1 saturated carbocycles. The lowest BCUT2D eigenvalue weighted by Gasteiger charge is -2.10. The zero-order valence-electron chi connectivity index (χ0n) is 11.8. The maximum absolute atomic E-state index is 12.2. The molecule has 1 heterocycles. The lowest BCUT2D eigenvalue weighted by atomic mass is 10.3. The molecule has 122 valence electrons. The minimum absolute atomic E-state index is 0.000561. The topological polar surface area (TPSA) is 111 Å². The maximum atomic E-state index is 12.2. The number of sulfonamides is 1. The van der Waals surface area contributed by atoms with E-state index in [9.17, 15) is 18.3 Å². The molecule has 9 heteroatoms. The number of aromatic amines is 1. The molecular weight excluding hydrogens is 342 g/mol. The van der Waals surface area contributed by atoms with Crippen molar-refractivity contribution >= 4 is 33.2 Å². The Morgan fingerprint density at radius 1 is 1.30 bits per heavy atom. The van der Waals surface area contributed by atoms with Crippen LogP contribution in [-0.4, -0.2) is 30.5 Å². The highest BCUT2D eigenvalue weighted by atomic mass is 35.5. The SMILES string of the molecule is O=C(Nc1cc(S(=O)(=O)NC2CC2)ccc1O)c1cc(Cl)c[nH]1. The minimum Gasteiger partial charge on any atom is -0.506 e. The second-order valence-corrected chi connectivity index (χ2v) is 7.41. The van der Waals surface area contributed by atoms with E-state index in [4.69, 9.17) is 11.6 Å². The van der Waals surface area contributed by atoms with Gasteiger partial charge in [0.2, 0.25) is 10.0 Å². The van der Waals surface area contributed by atoms with Crippen molar-refractivity contribution in [1.82, 2.24) is 9.71 Å². The number of phenolic OH excluding ortho intramolecular Hbond substituents is 1. The Balaban J connectivity index is 1.84. The minimum atomic E-state index is -3.67. The van der Waals surface area contributed by atoms with Crippen molar-refractivity contribution in [3.8, 4) is 5.75 Å². The molecule has 23 heavy (non-hydrogen) atoms. The number of hydrogen-bond donors (Lipinski definition) is 4. The largest absolute Gasteiger partial charge is 0.506 e. The molecule has 0 radical (unpaired) electrons. The first kappa shape index (κ1) is 15.9. The monoisotopic (exact) mass is 355 g/mol. The average Bonchev–Trinajstić information content (AvgIpc) is 3.17. The predicted octanol–water partition coefficient (Wildman–Crippen LogP) is 2.07. The number of hydrogen-bond acceptors (Lipinski definition) is 4. The van der Waals surface area contributed by atoms with Gasteiger partial charge in [-0.3, -0.25) is 4.79 Å². The fraction of sp³-hybridized carbons (Fsp3) is 0.214. The van der Waals surface area contributed by atoms with Gasteiger partial charge in [0.05, 0.1) is 15.6 Å². The fourth-order valence-corrected chi connectivity index (χ4v) is 3.45. The predicted molar refractivity (Wildman–Crippen MR) is 85.2 cm³/mol. The average molecular weight is 356 g/mol. The van der Waals surface area contributed by atoms with E-state index in [1.165, 1.54) is 30.5 Å². The van der Waals surface area contributed by atoms with Gasteiger partial charge in [0.1, 0.15) is 11.4 Å². The quantitative estimate of drug-likeness (QED) is 0.615. The van der Waals surface area contributed by atoms with Crippen LogP contribution in [0.2, 0.25) is 5.02 Å². The number of nitrogens with one attached hydrogen (secondary N) is 3. The van der Waals surface area contributed by atoms with Crippen LogP contribution in [0.25, 0.3) is 0 Å². The van der Waals surface area contributed by atoms with Crippen LogP contribution in [0.15, 0.2) is 35.4 Å². The number of halogens is 1. The number of aromatic hydroxyl groups is 1. The van der Waals surface area contributed by atoms with Crippen molar-refractivity contribution in [2.24, 2.45) is 0 Å². The smallest absolute Gasteiger partial charge is 0.272 e. The molecule has 1 aliphatic carbocycles. The van der Waals surface area contributed by atoms with Crippen LogP contribution in [-0.2, 0) is 10.0 Å². The van der Waals surface area contributed by atoms with Gasteiger partial charge >= 0.3 is 0 Å². The van der Waals surface area contributed by atoms with Crippen LogP contribution < -0.4 is 10.0 Å². The zero-order chi connectivity index (χ0) is 16.6. The van der Waals surface area contributed by atoms with Crippen molar-refractivity contribution in [2.75, 3.05) is 5.32 Å². The summed E-state index contributed by atoms with van der Waals surface area (Å²) in [5, 5.41) is 12.6. The number of aromatic nitrogens is 1. The number of H-pyrrole nitrogens is 1. The third-order valence-corrected chi connectivity index (χ3v) is 5.05. The van der Waals surface area contributed by atoms with Crippen LogP contribution in [0.5, 0.6) is 5.75 Å². The Morgan fingerprint density at radius 3 is 2.65 bits per heavy atom. The second kappa shape index (κ2) is 5.88. The van der Waals surface area contributed by atoms with E-state index < -0.39 is 15.9 Å². The molecule has 0 bridgehead atoms. The van der Waals surface area contributed by atoms with Gasteiger partial charge in [-0.15, -0.1) is 0 Å². The molecule has 1 fully saturated rings. The summed E-state index contributed by atoms with van der Waals surface area (Å²) in [6.07, 6.45) is 3.07. The first-order chi connectivity index (χ1) is 10.8. The van der Waals surface area contributed by atoms with Gasteiger partial charge in [0.25, 0.3) is 5.91 Å². The number of anilines is 1. The van der Waals surface area contributed by atoms with Crippen molar-refractivity contribution in [3.05, 3.63) is 41.2 Å². The first-order valence-corrected chi connectivity index (χ1v) is 8.72. The Morgan fingerprint density at radius 2 is 2.04 bits per heavy atom. The molecule has 0 saturated heterocycles. The van der Waals surface area contributed by atoms with Gasteiger partial charge in [0, 0.05) is 12.2 Å². The Hall–Kier alpha value is -2.03. The number of benzene rings is 1. The zero-order valence-corrected chi connectivity index (χ0v) is 13.4. The molecule has 3 rings (SSSR count). The highest BCUT2D eigenvalue weighted by molar-refractivity contribution is 7.89. The first-order valence-electron chi connectivity index (χ1n) is 6.86. The van der Waals surface area contributed by atoms with Crippen molar-refractivity contribution < 1.29 is 18.3 Å². The molecule has 0 aliphatic heterocycles. The lowest BCUT2D eigenvalue weighted by molar-refractivity contribution is 0.102. The highest BCUT2D eigenvalue weighted by Crippen LogP contribution is 2.28.